The first kappa shape index (κ1) is 20.4. The van der Waals surface area contributed by atoms with E-state index in [9.17, 15) is 14.0 Å². The number of amides is 2. The molecule has 0 saturated carbocycles. The Labute approximate surface area is 158 Å². The third-order valence-electron chi connectivity index (χ3n) is 4.50. The number of likely N-dealkylation sites (tertiary alicyclic amines) is 1. The summed E-state index contributed by atoms with van der Waals surface area (Å²) in [6.45, 7) is 10.2. The summed E-state index contributed by atoms with van der Waals surface area (Å²) >= 11 is 5.81. The number of carbonyl (C=O) groups excluding carboxylic acids is 2. The van der Waals surface area contributed by atoms with Gasteiger partial charge in [0.25, 0.3) is 0 Å². The van der Waals surface area contributed by atoms with Crippen LogP contribution >= 0.6 is 11.6 Å². The smallest absolute Gasteiger partial charge is 0.243 e. The van der Waals surface area contributed by atoms with Gasteiger partial charge in [0.2, 0.25) is 11.8 Å². The van der Waals surface area contributed by atoms with E-state index < -0.39 is 11.7 Å². The van der Waals surface area contributed by atoms with Crippen LogP contribution in [-0.4, -0.2) is 41.4 Å². The fourth-order valence-corrected chi connectivity index (χ4v) is 3.42. The van der Waals surface area contributed by atoms with Gasteiger partial charge in [0.05, 0.1) is 17.6 Å². The molecule has 0 unspecified atom stereocenters. The standard InChI is InChI=1S/C19H25ClFN3O2/c1-5-16(25)22-11-17(26)23-15-8-9-24(19(2,3)4)18(15)12-6-7-13(20)14(21)10-12/h5-7,10,15,18H,1,8-9,11H2,2-4H3,(H,22,25)(H,23,26)/t15-,18+/m1/s1. The Hall–Kier alpha value is -1.92. The van der Waals surface area contributed by atoms with E-state index in [0.29, 0.717) is 0 Å². The molecule has 2 amide bonds. The van der Waals surface area contributed by atoms with Crippen LogP contribution in [0, 0.1) is 5.82 Å². The molecule has 1 aromatic carbocycles. The average molecular weight is 382 g/mol. The zero-order valence-electron chi connectivity index (χ0n) is 15.3. The summed E-state index contributed by atoms with van der Waals surface area (Å²) in [7, 11) is 0. The molecule has 1 fully saturated rings. The zero-order chi connectivity index (χ0) is 19.5. The first-order chi connectivity index (χ1) is 12.1. The summed E-state index contributed by atoms with van der Waals surface area (Å²) < 4.78 is 14.0. The van der Waals surface area contributed by atoms with Crippen LogP contribution in [0.25, 0.3) is 0 Å². The van der Waals surface area contributed by atoms with E-state index in [0.717, 1.165) is 24.6 Å². The van der Waals surface area contributed by atoms with Crippen molar-refractivity contribution in [1.82, 2.24) is 15.5 Å². The van der Waals surface area contributed by atoms with Crippen molar-refractivity contribution in [3.05, 3.63) is 47.3 Å². The number of rotatable bonds is 5. The normalized spacial score (nSPS) is 20.7. The Morgan fingerprint density at radius 1 is 1.42 bits per heavy atom. The highest BCUT2D eigenvalue weighted by Crippen LogP contribution is 2.38. The third-order valence-corrected chi connectivity index (χ3v) is 4.81. The Bertz CT molecular complexity index is 703. The Morgan fingerprint density at radius 2 is 2.12 bits per heavy atom. The van der Waals surface area contributed by atoms with Crippen molar-refractivity contribution in [3.8, 4) is 0 Å². The molecule has 0 radical (unpaired) electrons. The van der Waals surface area contributed by atoms with Crippen LogP contribution in [0.3, 0.4) is 0 Å². The topological polar surface area (TPSA) is 61.4 Å². The Kier molecular flexibility index (Phi) is 6.42. The molecule has 0 aromatic heterocycles. The molecule has 5 nitrogen and oxygen atoms in total. The number of halogens is 2. The molecule has 1 aliphatic rings. The minimum Gasteiger partial charge on any atom is -0.350 e. The van der Waals surface area contributed by atoms with Crippen LogP contribution in [-0.2, 0) is 9.59 Å². The van der Waals surface area contributed by atoms with E-state index >= 15 is 0 Å². The largest absolute Gasteiger partial charge is 0.350 e. The van der Waals surface area contributed by atoms with Gasteiger partial charge in [0.1, 0.15) is 5.82 Å². The molecule has 2 atom stereocenters. The second-order valence-electron chi connectivity index (χ2n) is 7.37. The van der Waals surface area contributed by atoms with Gasteiger partial charge in [-0.05, 0) is 51.0 Å². The summed E-state index contributed by atoms with van der Waals surface area (Å²) in [6.07, 6.45) is 1.84. The van der Waals surface area contributed by atoms with E-state index in [1.807, 2.05) is 0 Å². The van der Waals surface area contributed by atoms with E-state index in [1.165, 1.54) is 12.1 Å². The van der Waals surface area contributed by atoms with Crippen molar-refractivity contribution < 1.29 is 14.0 Å². The maximum atomic E-state index is 14.0. The molecule has 26 heavy (non-hydrogen) atoms. The summed E-state index contributed by atoms with van der Waals surface area (Å²) in [5.41, 5.74) is 0.608. The van der Waals surface area contributed by atoms with Crippen LogP contribution in [0.15, 0.2) is 30.9 Å². The molecule has 1 aliphatic heterocycles. The lowest BCUT2D eigenvalue weighted by Gasteiger charge is -2.39. The molecule has 1 saturated heterocycles. The number of benzene rings is 1. The number of hydrogen-bond acceptors (Lipinski definition) is 3. The highest BCUT2D eigenvalue weighted by atomic mass is 35.5. The van der Waals surface area contributed by atoms with Crippen LogP contribution in [0.5, 0.6) is 0 Å². The van der Waals surface area contributed by atoms with Crippen LogP contribution in [0.2, 0.25) is 5.02 Å². The van der Waals surface area contributed by atoms with Crippen LogP contribution in [0.1, 0.15) is 38.8 Å². The molecule has 0 spiro atoms. The molecule has 2 rings (SSSR count). The van der Waals surface area contributed by atoms with Crippen molar-refractivity contribution >= 4 is 23.4 Å². The predicted molar refractivity (Wildman–Crippen MR) is 100 cm³/mol. The third kappa shape index (κ3) is 4.83. The second kappa shape index (κ2) is 8.18. The van der Waals surface area contributed by atoms with Gasteiger partial charge in [0.15, 0.2) is 0 Å². The lowest BCUT2D eigenvalue weighted by Crippen LogP contribution is -2.47. The minimum atomic E-state index is -0.478. The molecule has 7 heteroatoms. The van der Waals surface area contributed by atoms with E-state index in [2.05, 4.69) is 42.9 Å². The van der Waals surface area contributed by atoms with Crippen LogP contribution in [0.4, 0.5) is 4.39 Å². The number of hydrogen-bond donors (Lipinski definition) is 2. The van der Waals surface area contributed by atoms with Gasteiger partial charge in [-0.15, -0.1) is 0 Å². The molecule has 0 bridgehead atoms. The Morgan fingerprint density at radius 3 is 2.69 bits per heavy atom. The van der Waals surface area contributed by atoms with Gasteiger partial charge in [-0.3, -0.25) is 14.5 Å². The molecule has 142 valence electrons. The molecule has 0 aliphatic carbocycles. The van der Waals surface area contributed by atoms with Gasteiger partial charge in [-0.1, -0.05) is 24.2 Å². The fourth-order valence-electron chi connectivity index (χ4n) is 3.30. The molecular weight excluding hydrogens is 357 g/mol. The van der Waals surface area contributed by atoms with Crippen molar-refractivity contribution in [2.75, 3.05) is 13.1 Å². The van der Waals surface area contributed by atoms with E-state index in [4.69, 9.17) is 11.6 Å². The molecule has 1 aromatic rings. The summed E-state index contributed by atoms with van der Waals surface area (Å²) in [6, 6.07) is 4.38. The Balaban J connectivity index is 2.21. The lowest BCUT2D eigenvalue weighted by atomic mass is 9.96. The zero-order valence-corrected chi connectivity index (χ0v) is 16.1. The maximum absolute atomic E-state index is 14.0. The van der Waals surface area contributed by atoms with Gasteiger partial charge < -0.3 is 10.6 Å². The van der Waals surface area contributed by atoms with E-state index in [1.54, 1.807) is 6.07 Å². The highest BCUT2D eigenvalue weighted by Gasteiger charge is 2.41. The average Bonchev–Trinajstić information content (AvgIpc) is 2.99. The number of nitrogens with zero attached hydrogens (tertiary/aromatic N) is 1. The van der Waals surface area contributed by atoms with Crippen LogP contribution < -0.4 is 10.6 Å². The van der Waals surface area contributed by atoms with Crippen molar-refractivity contribution in [2.24, 2.45) is 0 Å². The summed E-state index contributed by atoms with van der Waals surface area (Å²) in [5.74, 6) is -1.17. The quantitative estimate of drug-likeness (QED) is 0.771. The molecule has 2 N–H and O–H groups in total. The van der Waals surface area contributed by atoms with Gasteiger partial charge in [0, 0.05) is 18.1 Å². The number of carbonyl (C=O) groups is 2. The van der Waals surface area contributed by atoms with E-state index in [-0.39, 0.29) is 35.1 Å². The fraction of sp³-hybridized carbons (Fsp3) is 0.474. The predicted octanol–water partition coefficient (Wildman–Crippen LogP) is 2.81. The summed E-state index contributed by atoms with van der Waals surface area (Å²) in [5, 5.41) is 5.49. The molecular formula is C19H25ClFN3O2. The van der Waals surface area contributed by atoms with Crippen molar-refractivity contribution in [2.45, 2.75) is 44.8 Å². The van der Waals surface area contributed by atoms with Crippen molar-refractivity contribution in [1.29, 1.82) is 0 Å². The summed E-state index contributed by atoms with van der Waals surface area (Å²) in [4.78, 5) is 25.7. The monoisotopic (exact) mass is 381 g/mol. The second-order valence-corrected chi connectivity index (χ2v) is 7.77. The lowest BCUT2D eigenvalue weighted by molar-refractivity contribution is -0.124. The maximum Gasteiger partial charge on any atom is 0.243 e. The first-order valence-electron chi connectivity index (χ1n) is 8.55. The molecule has 1 heterocycles. The number of nitrogens with one attached hydrogen (secondary N) is 2. The van der Waals surface area contributed by atoms with Gasteiger partial charge in [-0.25, -0.2) is 4.39 Å². The van der Waals surface area contributed by atoms with Crippen molar-refractivity contribution in [3.63, 3.8) is 0 Å². The SMILES string of the molecule is C=CC(=O)NCC(=O)N[C@@H]1CCN(C(C)(C)C)[C@H]1c1ccc(Cl)c(F)c1. The van der Waals surface area contributed by atoms with Gasteiger partial charge in [-0.2, -0.15) is 0 Å². The first-order valence-corrected chi connectivity index (χ1v) is 8.92. The van der Waals surface area contributed by atoms with Gasteiger partial charge >= 0.3 is 0 Å². The highest BCUT2D eigenvalue weighted by molar-refractivity contribution is 6.30. The minimum absolute atomic E-state index is 0.0711.